The molecule has 0 saturated carbocycles. The maximum Gasteiger partial charge on any atom is 0.211 e. The van der Waals surface area contributed by atoms with Gasteiger partial charge >= 0.3 is 0 Å². The van der Waals surface area contributed by atoms with Crippen molar-refractivity contribution < 1.29 is 8.42 Å². The van der Waals surface area contributed by atoms with Gasteiger partial charge in [-0.05, 0) is 51.1 Å². The molecule has 1 atom stereocenters. The minimum atomic E-state index is -3.05. The van der Waals surface area contributed by atoms with E-state index in [1.807, 2.05) is 0 Å². The molecule has 27 heavy (non-hydrogen) atoms. The van der Waals surface area contributed by atoms with Gasteiger partial charge in [0.1, 0.15) is 0 Å². The molecular weight excluding hydrogens is 362 g/mol. The molecule has 0 aromatic heterocycles. The first-order valence-corrected chi connectivity index (χ1v) is 12.4. The summed E-state index contributed by atoms with van der Waals surface area (Å²) in [6, 6.07) is 0. The van der Waals surface area contributed by atoms with Gasteiger partial charge in [0.25, 0.3) is 0 Å². The number of aliphatic imine (C=N–C) groups is 1. The van der Waals surface area contributed by atoms with E-state index in [4.69, 9.17) is 4.99 Å². The van der Waals surface area contributed by atoms with Crippen molar-refractivity contribution in [2.45, 2.75) is 40.0 Å². The summed E-state index contributed by atoms with van der Waals surface area (Å²) in [6.07, 6.45) is 4.34. The van der Waals surface area contributed by atoms with Crippen LogP contribution in [-0.4, -0.2) is 93.6 Å². The van der Waals surface area contributed by atoms with E-state index in [-0.39, 0.29) is 0 Å². The molecule has 2 aliphatic heterocycles. The molecule has 7 nitrogen and oxygen atoms in total. The first kappa shape index (κ1) is 22.4. The summed E-state index contributed by atoms with van der Waals surface area (Å²) in [5.41, 5.74) is 0. The van der Waals surface area contributed by atoms with Crippen molar-refractivity contribution in [3.63, 3.8) is 0 Å². The molecule has 158 valence electrons. The van der Waals surface area contributed by atoms with Crippen LogP contribution in [-0.2, 0) is 10.0 Å². The second-order valence-electron chi connectivity index (χ2n) is 7.89. The highest BCUT2D eigenvalue weighted by Gasteiger charge is 2.27. The first-order chi connectivity index (χ1) is 12.9. The third kappa shape index (κ3) is 6.91. The van der Waals surface area contributed by atoms with Gasteiger partial charge in [0, 0.05) is 45.8 Å². The van der Waals surface area contributed by atoms with E-state index in [1.54, 1.807) is 4.31 Å². The van der Waals surface area contributed by atoms with Crippen LogP contribution in [0.25, 0.3) is 0 Å². The SMILES string of the molecule is CCNC(=NCC1CCN(S(C)(=O)=O)CC1)N1CCC(CN(CC)CC)C1. The van der Waals surface area contributed by atoms with Gasteiger partial charge in [0.15, 0.2) is 5.96 Å². The topological polar surface area (TPSA) is 68.2 Å². The van der Waals surface area contributed by atoms with Crippen LogP contribution in [0, 0.1) is 11.8 Å². The molecule has 1 N–H and O–H groups in total. The van der Waals surface area contributed by atoms with Gasteiger partial charge in [0.05, 0.1) is 6.26 Å². The molecule has 1 unspecified atom stereocenters. The Bertz CT molecular complexity index is 569. The van der Waals surface area contributed by atoms with Crippen LogP contribution in [0.15, 0.2) is 4.99 Å². The van der Waals surface area contributed by atoms with Gasteiger partial charge in [-0.15, -0.1) is 0 Å². The van der Waals surface area contributed by atoms with Crippen molar-refractivity contribution >= 4 is 16.0 Å². The second-order valence-corrected chi connectivity index (χ2v) is 9.87. The van der Waals surface area contributed by atoms with Crippen LogP contribution < -0.4 is 5.32 Å². The van der Waals surface area contributed by atoms with Crippen molar-refractivity contribution in [2.75, 3.05) is 65.2 Å². The van der Waals surface area contributed by atoms with Gasteiger partial charge in [-0.3, -0.25) is 4.99 Å². The predicted octanol–water partition coefficient (Wildman–Crippen LogP) is 1.29. The zero-order chi connectivity index (χ0) is 19.9. The van der Waals surface area contributed by atoms with Gasteiger partial charge < -0.3 is 15.1 Å². The predicted molar refractivity (Wildman–Crippen MR) is 113 cm³/mol. The largest absolute Gasteiger partial charge is 0.357 e. The van der Waals surface area contributed by atoms with Crippen LogP contribution in [0.3, 0.4) is 0 Å². The quantitative estimate of drug-likeness (QED) is 0.490. The molecule has 0 amide bonds. The molecule has 2 aliphatic rings. The zero-order valence-corrected chi connectivity index (χ0v) is 18.5. The molecule has 0 radical (unpaired) electrons. The molecule has 2 rings (SSSR count). The van der Waals surface area contributed by atoms with Crippen molar-refractivity contribution in [1.82, 2.24) is 19.4 Å². The first-order valence-electron chi connectivity index (χ1n) is 10.6. The molecule has 8 heteroatoms. The third-order valence-corrected chi connectivity index (χ3v) is 7.18. The Morgan fingerprint density at radius 2 is 1.70 bits per heavy atom. The summed E-state index contributed by atoms with van der Waals surface area (Å²) < 4.78 is 24.9. The van der Waals surface area contributed by atoms with Crippen molar-refractivity contribution in [3.05, 3.63) is 0 Å². The Morgan fingerprint density at radius 3 is 2.26 bits per heavy atom. The lowest BCUT2D eigenvalue weighted by Gasteiger charge is -2.30. The van der Waals surface area contributed by atoms with Crippen LogP contribution >= 0.6 is 0 Å². The van der Waals surface area contributed by atoms with E-state index in [0.29, 0.717) is 24.9 Å². The third-order valence-electron chi connectivity index (χ3n) is 5.87. The van der Waals surface area contributed by atoms with Crippen LogP contribution in [0.4, 0.5) is 0 Å². The summed E-state index contributed by atoms with van der Waals surface area (Å²) in [7, 11) is -3.05. The Hall–Kier alpha value is -0.860. The van der Waals surface area contributed by atoms with Crippen molar-refractivity contribution in [1.29, 1.82) is 0 Å². The summed E-state index contributed by atoms with van der Waals surface area (Å²) in [5.74, 6) is 2.22. The number of nitrogens with zero attached hydrogens (tertiary/aromatic N) is 4. The molecule has 2 fully saturated rings. The van der Waals surface area contributed by atoms with Gasteiger partial charge in [-0.25, -0.2) is 12.7 Å². The molecule has 2 heterocycles. The number of hydrogen-bond acceptors (Lipinski definition) is 4. The Labute approximate surface area is 166 Å². The summed E-state index contributed by atoms with van der Waals surface area (Å²) in [6.45, 7) is 15.1. The minimum absolute atomic E-state index is 0.478. The smallest absolute Gasteiger partial charge is 0.211 e. The van der Waals surface area contributed by atoms with Crippen LogP contribution in [0.1, 0.15) is 40.0 Å². The molecule has 2 saturated heterocycles. The highest BCUT2D eigenvalue weighted by atomic mass is 32.2. The van der Waals surface area contributed by atoms with Gasteiger partial charge in [-0.2, -0.15) is 0 Å². The fourth-order valence-corrected chi connectivity index (χ4v) is 4.96. The molecule has 0 aromatic carbocycles. The zero-order valence-electron chi connectivity index (χ0n) is 17.7. The lowest BCUT2D eigenvalue weighted by atomic mass is 9.98. The monoisotopic (exact) mass is 401 g/mol. The van der Waals surface area contributed by atoms with Gasteiger partial charge in [0.2, 0.25) is 10.0 Å². The maximum atomic E-state index is 11.6. The fraction of sp³-hybridized carbons (Fsp3) is 0.947. The molecular formula is C19H39N5O2S. The van der Waals surface area contributed by atoms with Crippen LogP contribution in [0.5, 0.6) is 0 Å². The van der Waals surface area contributed by atoms with E-state index in [0.717, 1.165) is 58.1 Å². The number of hydrogen-bond donors (Lipinski definition) is 1. The van der Waals surface area contributed by atoms with Crippen LogP contribution in [0.2, 0.25) is 0 Å². The molecule has 0 spiro atoms. The number of rotatable bonds is 8. The lowest BCUT2D eigenvalue weighted by molar-refractivity contribution is 0.255. The second kappa shape index (κ2) is 10.6. The summed E-state index contributed by atoms with van der Waals surface area (Å²) in [4.78, 5) is 9.82. The average molecular weight is 402 g/mol. The van der Waals surface area contributed by atoms with Crippen molar-refractivity contribution in [2.24, 2.45) is 16.8 Å². The van der Waals surface area contributed by atoms with E-state index >= 15 is 0 Å². The standard InChI is InChI=1S/C19H39N5O2S/c1-5-20-19(23-11-8-18(16-23)15-22(6-2)7-3)21-14-17-9-12-24(13-10-17)27(4,25)26/h17-18H,5-16H2,1-4H3,(H,20,21). The highest BCUT2D eigenvalue weighted by Crippen LogP contribution is 2.21. The Balaban J connectivity index is 1.86. The number of nitrogens with one attached hydrogen (secondary N) is 1. The van der Waals surface area contributed by atoms with E-state index in [2.05, 4.69) is 35.9 Å². The van der Waals surface area contributed by atoms with E-state index in [1.165, 1.54) is 19.2 Å². The molecule has 0 aliphatic carbocycles. The normalized spacial score (nSPS) is 23.4. The summed E-state index contributed by atoms with van der Waals surface area (Å²) in [5, 5.41) is 3.46. The summed E-state index contributed by atoms with van der Waals surface area (Å²) >= 11 is 0. The lowest BCUT2D eigenvalue weighted by Crippen LogP contribution is -2.42. The molecule has 0 aromatic rings. The fourth-order valence-electron chi connectivity index (χ4n) is 4.09. The molecule has 0 bridgehead atoms. The number of likely N-dealkylation sites (tertiary alicyclic amines) is 1. The number of piperidine rings is 1. The Kier molecular flexibility index (Phi) is 8.82. The van der Waals surface area contributed by atoms with E-state index in [9.17, 15) is 8.42 Å². The van der Waals surface area contributed by atoms with Gasteiger partial charge in [-0.1, -0.05) is 13.8 Å². The maximum absolute atomic E-state index is 11.6. The Morgan fingerprint density at radius 1 is 1.07 bits per heavy atom. The number of sulfonamides is 1. The minimum Gasteiger partial charge on any atom is -0.357 e. The highest BCUT2D eigenvalue weighted by molar-refractivity contribution is 7.88. The van der Waals surface area contributed by atoms with Crippen molar-refractivity contribution in [3.8, 4) is 0 Å². The number of guanidine groups is 1. The average Bonchev–Trinajstić information content (AvgIpc) is 3.11. The van der Waals surface area contributed by atoms with E-state index < -0.39 is 10.0 Å².